The molecule has 1 aliphatic carbocycles. The predicted molar refractivity (Wildman–Crippen MR) is 83.5 cm³/mol. The van der Waals surface area contributed by atoms with E-state index in [1.165, 1.54) is 71.1 Å². The van der Waals surface area contributed by atoms with Gasteiger partial charge in [-0.2, -0.15) is 0 Å². The summed E-state index contributed by atoms with van der Waals surface area (Å²) >= 11 is 0. The van der Waals surface area contributed by atoms with Crippen molar-refractivity contribution < 1.29 is 0 Å². The summed E-state index contributed by atoms with van der Waals surface area (Å²) in [5.41, 5.74) is 0.564. The molecule has 0 aromatic heterocycles. The van der Waals surface area contributed by atoms with E-state index in [0.717, 1.165) is 5.92 Å². The first kappa shape index (κ1) is 15.3. The summed E-state index contributed by atoms with van der Waals surface area (Å²) in [6.07, 6.45) is 10.0. The maximum atomic E-state index is 3.73. The molecule has 2 rings (SSSR count). The first-order valence-corrected chi connectivity index (χ1v) is 8.55. The molecule has 2 aliphatic rings. The van der Waals surface area contributed by atoms with Gasteiger partial charge in [0.05, 0.1) is 0 Å². The molecule has 2 fully saturated rings. The Kier molecular flexibility index (Phi) is 5.70. The zero-order chi connectivity index (χ0) is 13.7. The van der Waals surface area contributed by atoms with E-state index >= 15 is 0 Å². The summed E-state index contributed by atoms with van der Waals surface area (Å²) in [5, 5.41) is 3.73. The average Bonchev–Trinajstić information content (AvgIpc) is 2.41. The molecule has 1 heterocycles. The molecule has 1 saturated heterocycles. The van der Waals surface area contributed by atoms with Gasteiger partial charge in [0, 0.05) is 19.1 Å². The van der Waals surface area contributed by atoms with E-state index in [2.05, 4.69) is 31.0 Å². The lowest BCUT2D eigenvalue weighted by Crippen LogP contribution is -2.48. The summed E-state index contributed by atoms with van der Waals surface area (Å²) < 4.78 is 0. The van der Waals surface area contributed by atoms with Crippen LogP contribution in [0.15, 0.2) is 0 Å². The second-order valence-corrected chi connectivity index (χ2v) is 7.55. The molecule has 0 aromatic carbocycles. The van der Waals surface area contributed by atoms with Crippen molar-refractivity contribution in [3.8, 4) is 0 Å². The average molecular weight is 266 g/mol. The summed E-state index contributed by atoms with van der Waals surface area (Å²) in [7, 11) is 0. The standard InChI is InChI=1S/C17H34N2/c1-15(2)18-13-17(9-7-16(3)8-10-17)14-19-11-5-4-6-12-19/h15-16,18H,4-14H2,1-3H3. The number of nitrogens with one attached hydrogen (secondary N) is 1. The zero-order valence-electron chi connectivity index (χ0n) is 13.4. The van der Waals surface area contributed by atoms with Gasteiger partial charge in [0.15, 0.2) is 0 Å². The zero-order valence-corrected chi connectivity index (χ0v) is 13.4. The van der Waals surface area contributed by atoms with Crippen LogP contribution in [0.5, 0.6) is 0 Å². The molecule has 0 amide bonds. The topological polar surface area (TPSA) is 15.3 Å². The molecule has 1 saturated carbocycles. The molecule has 0 bridgehead atoms. The first-order valence-electron chi connectivity index (χ1n) is 8.55. The van der Waals surface area contributed by atoms with E-state index in [0.29, 0.717) is 11.5 Å². The van der Waals surface area contributed by atoms with Crippen molar-refractivity contribution in [3.63, 3.8) is 0 Å². The fraction of sp³-hybridized carbons (Fsp3) is 1.00. The van der Waals surface area contributed by atoms with Gasteiger partial charge in [0.25, 0.3) is 0 Å². The van der Waals surface area contributed by atoms with E-state index in [9.17, 15) is 0 Å². The van der Waals surface area contributed by atoms with Crippen molar-refractivity contribution in [2.45, 2.75) is 71.8 Å². The lowest BCUT2D eigenvalue weighted by atomic mass is 9.70. The summed E-state index contributed by atoms with van der Waals surface area (Å²) in [6, 6.07) is 0.623. The van der Waals surface area contributed by atoms with Crippen LogP contribution in [0.2, 0.25) is 0 Å². The van der Waals surface area contributed by atoms with E-state index in [1.807, 2.05) is 0 Å². The Hall–Kier alpha value is -0.0800. The quantitative estimate of drug-likeness (QED) is 0.817. The van der Waals surface area contributed by atoms with Crippen molar-refractivity contribution in [1.82, 2.24) is 10.2 Å². The van der Waals surface area contributed by atoms with Gasteiger partial charge in [-0.25, -0.2) is 0 Å². The van der Waals surface area contributed by atoms with Crippen molar-refractivity contribution >= 4 is 0 Å². The van der Waals surface area contributed by atoms with Crippen LogP contribution in [-0.4, -0.2) is 37.1 Å². The van der Waals surface area contributed by atoms with Crippen LogP contribution < -0.4 is 5.32 Å². The van der Waals surface area contributed by atoms with Crippen molar-refractivity contribution in [2.24, 2.45) is 11.3 Å². The van der Waals surface area contributed by atoms with Gasteiger partial charge >= 0.3 is 0 Å². The van der Waals surface area contributed by atoms with Gasteiger partial charge in [-0.3, -0.25) is 0 Å². The molecule has 112 valence electrons. The summed E-state index contributed by atoms with van der Waals surface area (Å²) in [6.45, 7) is 12.3. The molecule has 1 aliphatic heterocycles. The molecule has 2 nitrogen and oxygen atoms in total. The first-order chi connectivity index (χ1) is 9.10. The second-order valence-electron chi connectivity index (χ2n) is 7.55. The minimum atomic E-state index is 0.564. The molecule has 1 N–H and O–H groups in total. The Morgan fingerprint density at radius 2 is 1.74 bits per heavy atom. The van der Waals surface area contributed by atoms with Crippen LogP contribution in [0.4, 0.5) is 0 Å². The van der Waals surface area contributed by atoms with Gasteiger partial charge in [-0.15, -0.1) is 0 Å². The van der Waals surface area contributed by atoms with Crippen molar-refractivity contribution in [1.29, 1.82) is 0 Å². The summed E-state index contributed by atoms with van der Waals surface area (Å²) in [5.74, 6) is 0.952. The Bertz CT molecular complexity index is 248. The Labute approximate surface area is 120 Å². The number of rotatable bonds is 5. The Morgan fingerprint density at radius 1 is 1.11 bits per heavy atom. The van der Waals surface area contributed by atoms with E-state index in [4.69, 9.17) is 0 Å². The predicted octanol–water partition coefficient (Wildman–Crippen LogP) is 3.67. The van der Waals surface area contributed by atoms with Crippen LogP contribution in [0.25, 0.3) is 0 Å². The van der Waals surface area contributed by atoms with Crippen molar-refractivity contribution in [3.05, 3.63) is 0 Å². The van der Waals surface area contributed by atoms with Crippen LogP contribution >= 0.6 is 0 Å². The van der Waals surface area contributed by atoms with Gasteiger partial charge in [-0.05, 0) is 50.1 Å². The number of likely N-dealkylation sites (tertiary alicyclic amines) is 1. The molecular weight excluding hydrogens is 232 g/mol. The monoisotopic (exact) mass is 266 g/mol. The third-order valence-corrected chi connectivity index (χ3v) is 5.23. The molecular formula is C17H34N2. The third-order valence-electron chi connectivity index (χ3n) is 5.23. The van der Waals surface area contributed by atoms with E-state index in [-0.39, 0.29) is 0 Å². The van der Waals surface area contributed by atoms with Gasteiger partial charge < -0.3 is 10.2 Å². The highest BCUT2D eigenvalue weighted by atomic mass is 15.1. The Balaban J connectivity index is 1.92. The highest BCUT2D eigenvalue weighted by Gasteiger charge is 2.35. The SMILES string of the molecule is CC1CCC(CNC(C)C)(CN2CCCCC2)CC1. The smallest absolute Gasteiger partial charge is 0.00501 e. The van der Waals surface area contributed by atoms with Crippen LogP contribution in [0.3, 0.4) is 0 Å². The number of hydrogen-bond acceptors (Lipinski definition) is 2. The van der Waals surface area contributed by atoms with Crippen LogP contribution in [0, 0.1) is 11.3 Å². The number of nitrogens with zero attached hydrogens (tertiary/aromatic N) is 1. The molecule has 2 heteroatoms. The maximum Gasteiger partial charge on any atom is 0.00501 e. The molecule has 0 unspecified atom stereocenters. The minimum Gasteiger partial charge on any atom is -0.314 e. The van der Waals surface area contributed by atoms with Crippen LogP contribution in [-0.2, 0) is 0 Å². The highest BCUT2D eigenvalue weighted by molar-refractivity contribution is 4.90. The van der Waals surface area contributed by atoms with E-state index in [1.54, 1.807) is 0 Å². The molecule has 0 spiro atoms. The largest absolute Gasteiger partial charge is 0.314 e. The van der Waals surface area contributed by atoms with Gasteiger partial charge in [-0.1, -0.05) is 40.0 Å². The number of hydrogen-bond donors (Lipinski definition) is 1. The third kappa shape index (κ3) is 4.75. The second kappa shape index (κ2) is 7.08. The highest BCUT2D eigenvalue weighted by Crippen LogP contribution is 2.39. The lowest BCUT2D eigenvalue weighted by Gasteiger charge is -2.44. The molecule has 0 atom stereocenters. The van der Waals surface area contributed by atoms with E-state index < -0.39 is 0 Å². The fourth-order valence-electron chi connectivity index (χ4n) is 3.78. The lowest BCUT2D eigenvalue weighted by molar-refractivity contribution is 0.0745. The molecule has 19 heavy (non-hydrogen) atoms. The Morgan fingerprint density at radius 3 is 2.32 bits per heavy atom. The number of piperidine rings is 1. The summed E-state index contributed by atoms with van der Waals surface area (Å²) in [4.78, 5) is 2.75. The molecule has 0 aromatic rings. The van der Waals surface area contributed by atoms with Gasteiger partial charge in [0.1, 0.15) is 0 Å². The van der Waals surface area contributed by atoms with Crippen molar-refractivity contribution in [2.75, 3.05) is 26.2 Å². The molecule has 0 radical (unpaired) electrons. The minimum absolute atomic E-state index is 0.564. The van der Waals surface area contributed by atoms with Gasteiger partial charge in [0.2, 0.25) is 0 Å². The fourth-order valence-corrected chi connectivity index (χ4v) is 3.78. The van der Waals surface area contributed by atoms with Crippen LogP contribution in [0.1, 0.15) is 65.7 Å². The maximum absolute atomic E-state index is 3.73. The normalized spacial score (nSPS) is 33.8.